The third-order valence-corrected chi connectivity index (χ3v) is 4.63. The van der Waals surface area contributed by atoms with Gasteiger partial charge < -0.3 is 9.72 Å². The van der Waals surface area contributed by atoms with Crippen LogP contribution in [0.5, 0.6) is 0 Å². The van der Waals surface area contributed by atoms with Crippen LogP contribution in [-0.4, -0.2) is 21.8 Å². The number of nitrogens with zero attached hydrogens (tertiary/aromatic N) is 2. The highest BCUT2D eigenvalue weighted by Gasteiger charge is 2.05. The molecule has 0 bridgehead atoms. The van der Waals surface area contributed by atoms with Crippen molar-refractivity contribution in [1.29, 1.82) is 0 Å². The Bertz CT molecular complexity index is 866. The van der Waals surface area contributed by atoms with E-state index in [2.05, 4.69) is 46.7 Å². The fourth-order valence-electron chi connectivity index (χ4n) is 3.00. The first-order valence-electron chi connectivity index (χ1n) is 8.87. The van der Waals surface area contributed by atoms with E-state index in [1.54, 1.807) is 0 Å². The molecule has 2 heterocycles. The van der Waals surface area contributed by atoms with Crippen LogP contribution in [0.2, 0.25) is 0 Å². The van der Waals surface area contributed by atoms with Crippen molar-refractivity contribution in [2.75, 3.05) is 6.54 Å². The highest BCUT2D eigenvalue weighted by molar-refractivity contribution is 5.75. The van der Waals surface area contributed by atoms with E-state index in [9.17, 15) is 4.79 Å². The Morgan fingerprint density at radius 3 is 2.84 bits per heavy atom. The van der Waals surface area contributed by atoms with Gasteiger partial charge in [0.1, 0.15) is 5.82 Å². The van der Waals surface area contributed by atoms with E-state index in [-0.39, 0.29) is 5.91 Å². The van der Waals surface area contributed by atoms with Crippen molar-refractivity contribution in [3.63, 3.8) is 0 Å². The number of nitrogens with one attached hydrogen (secondary N) is 1. The van der Waals surface area contributed by atoms with Crippen LogP contribution in [0.4, 0.5) is 0 Å². The van der Waals surface area contributed by atoms with Crippen molar-refractivity contribution in [3.05, 3.63) is 71.3 Å². The van der Waals surface area contributed by atoms with E-state index in [4.69, 9.17) is 0 Å². The number of fused-ring (bicyclic) bond motifs is 1. The number of rotatable bonds is 7. The Balaban J connectivity index is 1.40. The third kappa shape index (κ3) is 4.47. The Hall–Kier alpha value is -2.62. The van der Waals surface area contributed by atoms with Crippen LogP contribution in [0, 0.1) is 13.8 Å². The van der Waals surface area contributed by atoms with Gasteiger partial charge in [0, 0.05) is 25.6 Å². The second-order valence-corrected chi connectivity index (χ2v) is 6.54. The number of aromatic nitrogens is 2. The molecule has 0 aliphatic carbocycles. The molecule has 1 aromatic carbocycles. The van der Waals surface area contributed by atoms with Gasteiger partial charge in [0.25, 0.3) is 0 Å². The summed E-state index contributed by atoms with van der Waals surface area (Å²) < 4.78 is 2.06. The minimum Gasteiger partial charge on any atom is -0.356 e. The van der Waals surface area contributed by atoms with Crippen LogP contribution >= 0.6 is 0 Å². The van der Waals surface area contributed by atoms with Crippen molar-refractivity contribution < 1.29 is 4.79 Å². The van der Waals surface area contributed by atoms with Gasteiger partial charge in [0.05, 0.1) is 11.7 Å². The number of hydrogen-bond donors (Lipinski definition) is 1. The average molecular weight is 335 g/mol. The van der Waals surface area contributed by atoms with E-state index < -0.39 is 0 Å². The first-order chi connectivity index (χ1) is 12.1. The second-order valence-electron chi connectivity index (χ2n) is 6.54. The Labute approximate surface area is 148 Å². The summed E-state index contributed by atoms with van der Waals surface area (Å²) in [6.45, 7) is 4.87. The molecule has 2 aromatic heterocycles. The maximum atomic E-state index is 12.0. The van der Waals surface area contributed by atoms with Crippen molar-refractivity contribution >= 4 is 11.4 Å². The molecule has 4 heteroatoms. The van der Waals surface area contributed by atoms with Gasteiger partial charge in [-0.05, 0) is 55.5 Å². The van der Waals surface area contributed by atoms with Gasteiger partial charge in [0.2, 0.25) is 5.91 Å². The van der Waals surface area contributed by atoms with Gasteiger partial charge in [-0.3, -0.25) is 4.79 Å². The number of hydrogen-bond acceptors (Lipinski definition) is 2. The zero-order chi connectivity index (χ0) is 17.6. The minimum atomic E-state index is 0.115. The molecular weight excluding hydrogens is 310 g/mol. The summed E-state index contributed by atoms with van der Waals surface area (Å²) in [6.07, 6.45) is 6.99. The molecule has 1 amide bonds. The molecule has 3 aromatic rings. The zero-order valence-corrected chi connectivity index (χ0v) is 15.0. The Morgan fingerprint density at radius 2 is 2.00 bits per heavy atom. The number of aryl methyl sites for hydroxylation is 3. The lowest BCUT2D eigenvalue weighted by Crippen LogP contribution is -2.26. The van der Waals surface area contributed by atoms with Gasteiger partial charge in [-0.15, -0.1) is 0 Å². The van der Waals surface area contributed by atoms with Crippen LogP contribution in [0.25, 0.3) is 5.52 Å². The predicted molar refractivity (Wildman–Crippen MR) is 101 cm³/mol. The first kappa shape index (κ1) is 17.2. The van der Waals surface area contributed by atoms with Crippen molar-refractivity contribution in [2.24, 2.45) is 0 Å². The lowest BCUT2D eigenvalue weighted by molar-refractivity contribution is -0.121. The highest BCUT2D eigenvalue weighted by atomic mass is 16.1. The van der Waals surface area contributed by atoms with Crippen molar-refractivity contribution in [3.8, 4) is 0 Å². The second kappa shape index (κ2) is 7.97. The van der Waals surface area contributed by atoms with E-state index >= 15 is 0 Å². The molecule has 130 valence electrons. The fourth-order valence-corrected chi connectivity index (χ4v) is 3.00. The SMILES string of the molecule is Cc1ccc(CCCC(=O)NCCc2ncc3ccccn23)cc1C. The highest BCUT2D eigenvalue weighted by Crippen LogP contribution is 2.12. The molecule has 0 saturated carbocycles. The topological polar surface area (TPSA) is 46.4 Å². The average Bonchev–Trinajstić information content (AvgIpc) is 3.01. The molecule has 3 rings (SSSR count). The molecule has 0 radical (unpaired) electrons. The number of carbonyl (C=O) groups excluding carboxylic acids is 1. The predicted octanol–water partition coefficient (Wildman–Crippen LogP) is 3.63. The summed E-state index contributed by atoms with van der Waals surface area (Å²) in [5.41, 5.74) is 5.01. The molecule has 1 N–H and O–H groups in total. The Kier molecular flexibility index (Phi) is 5.49. The monoisotopic (exact) mass is 335 g/mol. The molecule has 0 aliphatic rings. The van der Waals surface area contributed by atoms with Gasteiger partial charge in [-0.1, -0.05) is 24.3 Å². The van der Waals surface area contributed by atoms with Crippen molar-refractivity contribution in [2.45, 2.75) is 39.5 Å². The molecular formula is C21H25N3O. The Morgan fingerprint density at radius 1 is 1.12 bits per heavy atom. The lowest BCUT2D eigenvalue weighted by Gasteiger charge is -2.07. The van der Waals surface area contributed by atoms with E-state index in [0.29, 0.717) is 13.0 Å². The molecule has 4 nitrogen and oxygen atoms in total. The van der Waals surface area contributed by atoms with Gasteiger partial charge in [-0.25, -0.2) is 4.98 Å². The zero-order valence-electron chi connectivity index (χ0n) is 15.0. The summed E-state index contributed by atoms with van der Waals surface area (Å²) in [5.74, 6) is 1.09. The summed E-state index contributed by atoms with van der Waals surface area (Å²) in [7, 11) is 0. The molecule has 0 spiro atoms. The molecule has 0 aliphatic heterocycles. The normalized spacial score (nSPS) is 11.0. The molecule has 0 unspecified atom stereocenters. The van der Waals surface area contributed by atoms with Crippen molar-refractivity contribution in [1.82, 2.24) is 14.7 Å². The summed E-state index contributed by atoms with van der Waals surface area (Å²) in [5, 5.41) is 3.00. The minimum absolute atomic E-state index is 0.115. The first-order valence-corrected chi connectivity index (χ1v) is 8.87. The lowest BCUT2D eigenvalue weighted by atomic mass is 10.0. The van der Waals surface area contributed by atoms with E-state index in [0.717, 1.165) is 30.6 Å². The number of carbonyl (C=O) groups is 1. The van der Waals surface area contributed by atoms with Gasteiger partial charge in [-0.2, -0.15) is 0 Å². The molecule has 0 saturated heterocycles. The standard InChI is InChI=1S/C21H25N3O/c1-16-9-10-18(14-17(16)2)6-5-8-21(25)22-12-11-20-23-15-19-7-3-4-13-24(19)20/h3-4,7,9-10,13-15H,5-6,8,11-12H2,1-2H3,(H,22,25). The third-order valence-electron chi connectivity index (χ3n) is 4.63. The van der Waals surface area contributed by atoms with Crippen LogP contribution in [0.15, 0.2) is 48.8 Å². The van der Waals surface area contributed by atoms with E-state index in [1.165, 1.54) is 16.7 Å². The number of pyridine rings is 1. The molecule has 0 atom stereocenters. The van der Waals surface area contributed by atoms with Gasteiger partial charge >= 0.3 is 0 Å². The van der Waals surface area contributed by atoms with Crippen LogP contribution in [0.1, 0.15) is 35.4 Å². The number of amides is 1. The maximum absolute atomic E-state index is 12.0. The number of benzene rings is 1. The number of imidazole rings is 1. The van der Waals surface area contributed by atoms with Gasteiger partial charge in [0.15, 0.2) is 0 Å². The maximum Gasteiger partial charge on any atom is 0.220 e. The fraction of sp³-hybridized carbons (Fsp3) is 0.333. The van der Waals surface area contributed by atoms with Crippen LogP contribution in [-0.2, 0) is 17.6 Å². The largest absolute Gasteiger partial charge is 0.356 e. The molecule has 25 heavy (non-hydrogen) atoms. The quantitative estimate of drug-likeness (QED) is 0.716. The van der Waals surface area contributed by atoms with Crippen LogP contribution in [0.3, 0.4) is 0 Å². The molecule has 0 fully saturated rings. The summed E-state index contributed by atoms with van der Waals surface area (Å²) >= 11 is 0. The van der Waals surface area contributed by atoms with E-state index in [1.807, 2.05) is 30.6 Å². The van der Waals surface area contributed by atoms with Crippen LogP contribution < -0.4 is 5.32 Å². The summed E-state index contributed by atoms with van der Waals surface area (Å²) in [4.78, 5) is 16.4. The smallest absolute Gasteiger partial charge is 0.220 e. The summed E-state index contributed by atoms with van der Waals surface area (Å²) in [6, 6.07) is 12.5.